The largest absolute Gasteiger partial charge is 0.490 e. The number of carbonyl (C=O) groups is 1. The average molecular weight is 481 g/mol. The standard InChI is InChI=1S/C24H40N2O4SSi/c1-23(2,3)29-21(27)20(30-32(8,9)24(4,5)6)16-28-19-12-10-17(11-13-19)18-14-25-22(31-7)26-15-18/h10-13,18,20H,14-16H2,1-9H3,(H,25,26). The van der Waals surface area contributed by atoms with Crippen molar-refractivity contribution in [1.82, 2.24) is 5.32 Å². The van der Waals surface area contributed by atoms with E-state index in [2.05, 4.69) is 56.3 Å². The molecule has 180 valence electrons. The number of ether oxygens (including phenoxy) is 2. The van der Waals surface area contributed by atoms with Crippen LogP contribution in [0.2, 0.25) is 18.1 Å². The Bertz CT molecular complexity index is 798. The van der Waals surface area contributed by atoms with Crippen LogP contribution in [0.3, 0.4) is 0 Å². The summed E-state index contributed by atoms with van der Waals surface area (Å²) in [7, 11) is -2.19. The van der Waals surface area contributed by atoms with Crippen LogP contribution in [-0.4, -0.2) is 57.1 Å². The van der Waals surface area contributed by atoms with E-state index in [9.17, 15) is 4.79 Å². The summed E-state index contributed by atoms with van der Waals surface area (Å²) in [5.74, 6) is 0.671. The van der Waals surface area contributed by atoms with Crippen LogP contribution in [0.15, 0.2) is 29.3 Å². The van der Waals surface area contributed by atoms with E-state index in [1.807, 2.05) is 39.2 Å². The number of esters is 1. The van der Waals surface area contributed by atoms with Crippen LogP contribution < -0.4 is 10.1 Å². The van der Waals surface area contributed by atoms with Gasteiger partial charge in [0.05, 0.1) is 6.54 Å². The highest BCUT2D eigenvalue weighted by molar-refractivity contribution is 8.13. The van der Waals surface area contributed by atoms with Crippen LogP contribution in [0.4, 0.5) is 0 Å². The number of nitrogens with one attached hydrogen (secondary N) is 1. The minimum absolute atomic E-state index is 0.0262. The summed E-state index contributed by atoms with van der Waals surface area (Å²) in [6.07, 6.45) is 1.26. The Morgan fingerprint density at radius 3 is 2.28 bits per heavy atom. The average Bonchev–Trinajstić information content (AvgIpc) is 2.69. The normalized spacial score (nSPS) is 18.4. The van der Waals surface area contributed by atoms with Gasteiger partial charge in [0.1, 0.15) is 18.0 Å². The Kier molecular flexibility index (Phi) is 8.87. The van der Waals surface area contributed by atoms with E-state index in [4.69, 9.17) is 13.9 Å². The smallest absolute Gasteiger partial charge is 0.338 e. The molecule has 0 amide bonds. The predicted molar refractivity (Wildman–Crippen MR) is 136 cm³/mol. The van der Waals surface area contributed by atoms with Crippen molar-refractivity contribution < 1.29 is 18.7 Å². The quantitative estimate of drug-likeness (QED) is 0.427. The molecule has 1 aliphatic rings. The van der Waals surface area contributed by atoms with Crippen LogP contribution in [0, 0.1) is 0 Å². The first kappa shape index (κ1) is 26.7. The summed E-state index contributed by atoms with van der Waals surface area (Å²) in [5.41, 5.74) is 0.635. The van der Waals surface area contributed by atoms with E-state index in [0.29, 0.717) is 11.7 Å². The van der Waals surface area contributed by atoms with Crippen LogP contribution in [-0.2, 0) is 14.0 Å². The van der Waals surface area contributed by atoms with Gasteiger partial charge in [0.25, 0.3) is 0 Å². The van der Waals surface area contributed by atoms with Crippen LogP contribution >= 0.6 is 11.8 Å². The second-order valence-electron chi connectivity index (χ2n) is 10.7. The van der Waals surface area contributed by atoms with Crippen molar-refractivity contribution in [3.63, 3.8) is 0 Å². The topological polar surface area (TPSA) is 69.2 Å². The third kappa shape index (κ3) is 7.81. The molecular formula is C24H40N2O4SSi. The highest BCUT2D eigenvalue weighted by Gasteiger charge is 2.42. The lowest BCUT2D eigenvalue weighted by Gasteiger charge is -2.39. The Hall–Kier alpha value is -1.51. The van der Waals surface area contributed by atoms with Crippen molar-refractivity contribution in [2.45, 2.75) is 77.3 Å². The molecule has 0 radical (unpaired) electrons. The summed E-state index contributed by atoms with van der Waals surface area (Å²) in [4.78, 5) is 17.4. The molecule has 32 heavy (non-hydrogen) atoms. The number of hydrogen-bond donors (Lipinski definition) is 1. The van der Waals surface area contributed by atoms with Gasteiger partial charge in [-0.05, 0) is 62.9 Å². The van der Waals surface area contributed by atoms with E-state index in [1.54, 1.807) is 11.8 Å². The van der Waals surface area contributed by atoms with E-state index in [-0.39, 0.29) is 17.6 Å². The van der Waals surface area contributed by atoms with Gasteiger partial charge >= 0.3 is 5.97 Å². The molecule has 0 spiro atoms. The molecule has 0 fully saturated rings. The highest BCUT2D eigenvalue weighted by Crippen LogP contribution is 2.37. The van der Waals surface area contributed by atoms with Crippen molar-refractivity contribution in [2.24, 2.45) is 4.99 Å². The number of rotatable bonds is 7. The predicted octanol–water partition coefficient (Wildman–Crippen LogP) is 5.20. The summed E-state index contributed by atoms with van der Waals surface area (Å²) in [6.45, 7) is 18.1. The lowest BCUT2D eigenvalue weighted by atomic mass is 9.98. The first-order chi connectivity index (χ1) is 14.7. The Morgan fingerprint density at radius 2 is 1.81 bits per heavy atom. The van der Waals surface area contributed by atoms with Crippen molar-refractivity contribution >= 4 is 31.2 Å². The summed E-state index contributed by atoms with van der Waals surface area (Å²) in [6, 6.07) is 8.03. The number of amidine groups is 1. The van der Waals surface area contributed by atoms with Crippen molar-refractivity contribution in [3.05, 3.63) is 29.8 Å². The molecule has 1 heterocycles. The highest BCUT2D eigenvalue weighted by atomic mass is 32.2. The fourth-order valence-electron chi connectivity index (χ4n) is 2.94. The molecule has 8 heteroatoms. The Morgan fingerprint density at radius 1 is 1.19 bits per heavy atom. The third-order valence-corrected chi connectivity index (χ3v) is 11.0. The van der Waals surface area contributed by atoms with Crippen molar-refractivity contribution in [3.8, 4) is 5.75 Å². The van der Waals surface area contributed by atoms with Gasteiger partial charge in [0.15, 0.2) is 19.6 Å². The van der Waals surface area contributed by atoms with Gasteiger partial charge in [-0.25, -0.2) is 4.79 Å². The van der Waals surface area contributed by atoms with Crippen LogP contribution in [0.25, 0.3) is 0 Å². The molecule has 1 N–H and O–H groups in total. The maximum Gasteiger partial charge on any atom is 0.338 e. The number of carbonyl (C=O) groups excluding carboxylic acids is 1. The molecule has 1 aromatic rings. The first-order valence-electron chi connectivity index (χ1n) is 11.2. The summed E-state index contributed by atoms with van der Waals surface area (Å²) in [5, 5.41) is 4.32. The molecule has 1 aliphatic heterocycles. The number of nitrogens with zero attached hydrogens (tertiary/aromatic N) is 1. The molecule has 0 saturated heterocycles. The molecule has 0 aliphatic carbocycles. The summed E-state index contributed by atoms with van der Waals surface area (Å²) >= 11 is 1.64. The van der Waals surface area contributed by atoms with Gasteiger partial charge in [-0.15, -0.1) is 0 Å². The van der Waals surface area contributed by atoms with Gasteiger partial charge < -0.3 is 19.2 Å². The monoisotopic (exact) mass is 480 g/mol. The van der Waals surface area contributed by atoms with Crippen LogP contribution in [0.5, 0.6) is 5.75 Å². The number of aliphatic imine (C=N–C) groups is 1. The second kappa shape index (κ2) is 10.6. The lowest BCUT2D eigenvalue weighted by molar-refractivity contribution is -0.165. The number of hydrogen-bond acceptors (Lipinski definition) is 7. The fourth-order valence-corrected chi connectivity index (χ4v) is 4.60. The van der Waals surface area contributed by atoms with E-state index in [0.717, 1.165) is 18.3 Å². The Balaban J connectivity index is 2.06. The zero-order valence-corrected chi connectivity index (χ0v) is 22.9. The molecule has 0 aromatic heterocycles. The summed E-state index contributed by atoms with van der Waals surface area (Å²) < 4.78 is 18.0. The van der Waals surface area contributed by atoms with Crippen molar-refractivity contribution in [2.75, 3.05) is 26.0 Å². The second-order valence-corrected chi connectivity index (χ2v) is 16.3. The maximum atomic E-state index is 12.9. The fraction of sp³-hybridized carbons (Fsp3) is 0.667. The third-order valence-electron chi connectivity index (χ3n) is 5.81. The number of thioether (sulfide) groups is 1. The molecule has 0 bridgehead atoms. The SMILES string of the molecule is CSC1=NCC(c2ccc(OCC(O[Si](C)(C)C(C)(C)C)C(=O)OC(C)(C)C)cc2)CN1. The molecule has 0 saturated carbocycles. The van der Waals surface area contributed by atoms with Gasteiger partial charge in [-0.1, -0.05) is 44.7 Å². The molecule has 6 nitrogen and oxygen atoms in total. The molecule has 2 rings (SSSR count). The molecule has 2 atom stereocenters. The zero-order chi connectivity index (χ0) is 24.2. The molecule has 2 unspecified atom stereocenters. The van der Waals surface area contributed by atoms with Crippen LogP contribution in [0.1, 0.15) is 53.0 Å². The molecule has 1 aromatic carbocycles. The van der Waals surface area contributed by atoms with Gasteiger partial charge in [-0.3, -0.25) is 4.99 Å². The van der Waals surface area contributed by atoms with Gasteiger partial charge in [0, 0.05) is 12.5 Å². The minimum atomic E-state index is -2.19. The van der Waals surface area contributed by atoms with E-state index >= 15 is 0 Å². The zero-order valence-electron chi connectivity index (χ0n) is 21.1. The Labute approximate surface area is 199 Å². The maximum absolute atomic E-state index is 12.9. The minimum Gasteiger partial charge on any atom is -0.490 e. The van der Waals surface area contributed by atoms with E-state index in [1.165, 1.54) is 5.56 Å². The van der Waals surface area contributed by atoms with Crippen molar-refractivity contribution in [1.29, 1.82) is 0 Å². The molecular weight excluding hydrogens is 440 g/mol. The first-order valence-corrected chi connectivity index (χ1v) is 15.3. The lowest BCUT2D eigenvalue weighted by Crippen LogP contribution is -2.49. The van der Waals surface area contributed by atoms with Gasteiger partial charge in [-0.2, -0.15) is 0 Å². The van der Waals surface area contributed by atoms with Gasteiger partial charge in [0.2, 0.25) is 0 Å². The van der Waals surface area contributed by atoms with E-state index < -0.39 is 20.0 Å². The number of benzene rings is 1.